The Hall–Kier alpha value is -1.29. The molecule has 1 rings (SSSR count). The van der Waals surface area contributed by atoms with E-state index in [4.69, 9.17) is 9.47 Å². The topological polar surface area (TPSA) is 43.4 Å². The maximum absolute atomic E-state index is 5.23. The summed E-state index contributed by atoms with van der Waals surface area (Å²) in [6, 6.07) is 4.01. The van der Waals surface area contributed by atoms with Crippen LogP contribution in [0.25, 0.3) is 0 Å². The summed E-state index contributed by atoms with van der Waals surface area (Å²) in [7, 11) is 3.31. The smallest absolute Gasteiger partial charge is 0.237 e. The van der Waals surface area contributed by atoms with Crippen molar-refractivity contribution in [1.29, 1.82) is 0 Å². The van der Waals surface area contributed by atoms with E-state index in [0.717, 1.165) is 5.69 Å². The Bertz CT molecular complexity index is 304. The van der Waals surface area contributed by atoms with Gasteiger partial charge < -0.3 is 14.8 Å². The summed E-state index contributed by atoms with van der Waals surface area (Å²) in [5.41, 5.74) is 0.886. The van der Waals surface area contributed by atoms with Crippen LogP contribution in [0.5, 0.6) is 5.88 Å². The molecule has 1 heterocycles. The van der Waals surface area contributed by atoms with Crippen LogP contribution in [0.4, 0.5) is 5.69 Å². The number of nitrogens with one attached hydrogen (secondary N) is 1. The SMILES string of the molecule is COc1ncccc1NC(C)C(C)OC. The van der Waals surface area contributed by atoms with Crippen LogP contribution in [0.3, 0.4) is 0 Å². The quantitative estimate of drug-likeness (QED) is 0.806. The molecular formula is C11H18N2O2. The molecule has 84 valence electrons. The van der Waals surface area contributed by atoms with E-state index in [1.54, 1.807) is 20.4 Å². The second-order valence-corrected chi connectivity index (χ2v) is 3.43. The van der Waals surface area contributed by atoms with Crippen LogP contribution in [0.2, 0.25) is 0 Å². The summed E-state index contributed by atoms with van der Waals surface area (Å²) in [5.74, 6) is 0.604. The molecule has 1 aromatic rings. The standard InChI is InChI=1S/C11H18N2O2/c1-8(9(2)14-3)13-10-6-5-7-12-11(10)15-4/h5-9,13H,1-4H3. The third-order valence-electron chi connectivity index (χ3n) is 2.42. The second-order valence-electron chi connectivity index (χ2n) is 3.43. The summed E-state index contributed by atoms with van der Waals surface area (Å²) < 4.78 is 10.4. The fourth-order valence-corrected chi connectivity index (χ4v) is 1.23. The number of methoxy groups -OCH3 is 2. The Labute approximate surface area is 90.6 Å². The number of rotatable bonds is 5. The average Bonchev–Trinajstić information content (AvgIpc) is 2.28. The molecule has 0 aliphatic heterocycles. The zero-order chi connectivity index (χ0) is 11.3. The van der Waals surface area contributed by atoms with E-state index in [2.05, 4.69) is 17.2 Å². The fraction of sp³-hybridized carbons (Fsp3) is 0.545. The molecule has 0 aromatic carbocycles. The van der Waals surface area contributed by atoms with E-state index >= 15 is 0 Å². The molecule has 0 spiro atoms. The third kappa shape index (κ3) is 3.09. The van der Waals surface area contributed by atoms with Gasteiger partial charge in [-0.1, -0.05) is 0 Å². The van der Waals surface area contributed by atoms with Gasteiger partial charge in [-0.05, 0) is 26.0 Å². The molecule has 0 saturated carbocycles. The van der Waals surface area contributed by atoms with Gasteiger partial charge in [0, 0.05) is 19.3 Å². The van der Waals surface area contributed by atoms with Gasteiger partial charge in [0.2, 0.25) is 5.88 Å². The van der Waals surface area contributed by atoms with Crippen molar-refractivity contribution in [3.63, 3.8) is 0 Å². The number of hydrogen-bond acceptors (Lipinski definition) is 4. The lowest BCUT2D eigenvalue weighted by Gasteiger charge is -2.21. The highest BCUT2D eigenvalue weighted by atomic mass is 16.5. The average molecular weight is 210 g/mol. The molecule has 15 heavy (non-hydrogen) atoms. The highest BCUT2D eigenvalue weighted by molar-refractivity contribution is 5.52. The summed E-state index contributed by atoms with van der Waals surface area (Å²) >= 11 is 0. The third-order valence-corrected chi connectivity index (χ3v) is 2.42. The number of ether oxygens (including phenoxy) is 2. The first-order valence-electron chi connectivity index (χ1n) is 4.97. The van der Waals surface area contributed by atoms with Crippen molar-refractivity contribution in [3.8, 4) is 5.88 Å². The first-order valence-corrected chi connectivity index (χ1v) is 4.97. The van der Waals surface area contributed by atoms with Gasteiger partial charge in [-0.3, -0.25) is 0 Å². The molecule has 0 bridgehead atoms. The van der Waals surface area contributed by atoms with Crippen LogP contribution in [-0.2, 0) is 4.74 Å². The number of anilines is 1. The molecule has 2 unspecified atom stereocenters. The lowest BCUT2D eigenvalue weighted by molar-refractivity contribution is 0.106. The van der Waals surface area contributed by atoms with Gasteiger partial charge in [0.05, 0.1) is 18.9 Å². The molecule has 0 fully saturated rings. The predicted octanol–water partition coefficient (Wildman–Crippen LogP) is 1.93. The minimum Gasteiger partial charge on any atom is -0.480 e. The van der Waals surface area contributed by atoms with E-state index in [0.29, 0.717) is 5.88 Å². The fourth-order valence-electron chi connectivity index (χ4n) is 1.23. The molecule has 0 aliphatic rings. The lowest BCUT2D eigenvalue weighted by atomic mass is 10.2. The van der Waals surface area contributed by atoms with Crippen molar-refractivity contribution in [1.82, 2.24) is 4.98 Å². The number of hydrogen-bond donors (Lipinski definition) is 1. The highest BCUT2D eigenvalue weighted by Crippen LogP contribution is 2.21. The molecule has 4 nitrogen and oxygen atoms in total. The first kappa shape index (κ1) is 11.8. The normalized spacial score (nSPS) is 14.4. The number of pyridine rings is 1. The Kier molecular flexibility index (Phi) is 4.37. The van der Waals surface area contributed by atoms with E-state index in [1.165, 1.54) is 0 Å². The van der Waals surface area contributed by atoms with E-state index < -0.39 is 0 Å². The zero-order valence-corrected chi connectivity index (χ0v) is 9.65. The van der Waals surface area contributed by atoms with Crippen molar-refractivity contribution in [2.45, 2.75) is 26.0 Å². The maximum atomic E-state index is 5.23. The summed E-state index contributed by atoms with van der Waals surface area (Å²) in [6.45, 7) is 4.07. The lowest BCUT2D eigenvalue weighted by Crippen LogP contribution is -2.29. The minimum atomic E-state index is 0.134. The van der Waals surface area contributed by atoms with Gasteiger partial charge in [0.1, 0.15) is 0 Å². The largest absolute Gasteiger partial charge is 0.480 e. The summed E-state index contributed by atoms with van der Waals surface area (Å²) in [6.07, 6.45) is 1.84. The van der Waals surface area contributed by atoms with Crippen molar-refractivity contribution >= 4 is 5.69 Å². The zero-order valence-electron chi connectivity index (χ0n) is 9.65. The van der Waals surface area contributed by atoms with Crippen molar-refractivity contribution in [2.24, 2.45) is 0 Å². The highest BCUT2D eigenvalue weighted by Gasteiger charge is 2.13. The van der Waals surface area contributed by atoms with Crippen LogP contribution >= 0.6 is 0 Å². The number of aromatic nitrogens is 1. The van der Waals surface area contributed by atoms with E-state index in [-0.39, 0.29) is 12.1 Å². The van der Waals surface area contributed by atoms with E-state index in [9.17, 15) is 0 Å². The molecule has 4 heteroatoms. The van der Waals surface area contributed by atoms with Crippen molar-refractivity contribution in [3.05, 3.63) is 18.3 Å². The first-order chi connectivity index (χ1) is 7.19. The van der Waals surface area contributed by atoms with Crippen LogP contribution in [0.1, 0.15) is 13.8 Å². The second kappa shape index (κ2) is 5.56. The maximum Gasteiger partial charge on any atom is 0.237 e. The molecule has 0 radical (unpaired) electrons. The number of nitrogens with zero attached hydrogens (tertiary/aromatic N) is 1. The Balaban J connectivity index is 2.71. The molecule has 0 aliphatic carbocycles. The van der Waals surface area contributed by atoms with Gasteiger partial charge in [-0.2, -0.15) is 0 Å². The Morgan fingerprint density at radius 1 is 1.33 bits per heavy atom. The monoisotopic (exact) mass is 210 g/mol. The van der Waals surface area contributed by atoms with E-state index in [1.807, 2.05) is 19.1 Å². The summed E-state index contributed by atoms with van der Waals surface area (Å²) in [4.78, 5) is 4.11. The molecule has 0 amide bonds. The van der Waals surface area contributed by atoms with Gasteiger partial charge in [-0.15, -0.1) is 0 Å². The molecule has 1 aromatic heterocycles. The van der Waals surface area contributed by atoms with Crippen molar-refractivity contribution < 1.29 is 9.47 Å². The minimum absolute atomic E-state index is 0.134. The molecular weight excluding hydrogens is 192 g/mol. The summed E-state index contributed by atoms with van der Waals surface area (Å²) in [5, 5.41) is 3.30. The van der Waals surface area contributed by atoms with Crippen LogP contribution < -0.4 is 10.1 Å². The van der Waals surface area contributed by atoms with Crippen LogP contribution in [0.15, 0.2) is 18.3 Å². The van der Waals surface area contributed by atoms with Crippen LogP contribution in [-0.4, -0.2) is 31.3 Å². The van der Waals surface area contributed by atoms with Crippen LogP contribution in [0, 0.1) is 0 Å². The van der Waals surface area contributed by atoms with Crippen molar-refractivity contribution in [2.75, 3.05) is 19.5 Å². The van der Waals surface area contributed by atoms with Gasteiger partial charge in [-0.25, -0.2) is 4.98 Å². The Morgan fingerprint density at radius 3 is 2.67 bits per heavy atom. The predicted molar refractivity (Wildman–Crippen MR) is 60.3 cm³/mol. The molecule has 2 atom stereocenters. The van der Waals surface area contributed by atoms with Gasteiger partial charge >= 0.3 is 0 Å². The molecule has 0 saturated heterocycles. The molecule has 1 N–H and O–H groups in total. The van der Waals surface area contributed by atoms with Gasteiger partial charge in [0.15, 0.2) is 0 Å². The van der Waals surface area contributed by atoms with Gasteiger partial charge in [0.25, 0.3) is 0 Å². The Morgan fingerprint density at radius 2 is 2.07 bits per heavy atom.